The van der Waals surface area contributed by atoms with Crippen molar-refractivity contribution in [2.75, 3.05) is 5.84 Å². The van der Waals surface area contributed by atoms with Crippen LogP contribution in [0.25, 0.3) is 0 Å². The Balaban J connectivity index is 1.52. The van der Waals surface area contributed by atoms with Gasteiger partial charge in [0.1, 0.15) is 12.4 Å². The maximum atomic E-state index is 12.5. The Labute approximate surface area is 176 Å². The van der Waals surface area contributed by atoms with Crippen molar-refractivity contribution < 1.29 is 9.53 Å². The monoisotopic (exact) mass is 417 g/mol. The largest absolute Gasteiger partial charge is 0.486 e. The van der Waals surface area contributed by atoms with Crippen LogP contribution in [0.3, 0.4) is 0 Å². The van der Waals surface area contributed by atoms with Gasteiger partial charge in [0, 0.05) is 6.04 Å². The summed E-state index contributed by atoms with van der Waals surface area (Å²) in [4.78, 5) is 12.5. The van der Waals surface area contributed by atoms with Gasteiger partial charge in [-0.25, -0.2) is 4.68 Å². The van der Waals surface area contributed by atoms with Gasteiger partial charge in [-0.3, -0.25) is 4.79 Å². The number of nitrogens with two attached hydrogens (primary N) is 1. The summed E-state index contributed by atoms with van der Waals surface area (Å²) in [5, 5.41) is 11.6. The Morgan fingerprint density at radius 3 is 2.55 bits per heavy atom. The third kappa shape index (κ3) is 5.88. The van der Waals surface area contributed by atoms with Crippen LogP contribution in [0.4, 0.5) is 0 Å². The van der Waals surface area contributed by atoms with Crippen LogP contribution < -0.4 is 15.9 Å². The molecule has 1 saturated carbocycles. The number of aromatic nitrogens is 3. The molecule has 0 saturated heterocycles. The maximum absolute atomic E-state index is 12.5. The Morgan fingerprint density at radius 1 is 1.21 bits per heavy atom. The summed E-state index contributed by atoms with van der Waals surface area (Å²) in [6.07, 6.45) is 5.77. The highest BCUT2D eigenvalue weighted by Crippen LogP contribution is 2.23. The molecule has 1 atom stereocenters. The summed E-state index contributed by atoms with van der Waals surface area (Å²) in [7, 11) is 0. The third-order valence-electron chi connectivity index (χ3n) is 5.25. The molecule has 0 unspecified atom stereocenters. The number of ether oxygens (including phenoxy) is 1. The van der Waals surface area contributed by atoms with Crippen LogP contribution in [0.2, 0.25) is 0 Å². The van der Waals surface area contributed by atoms with Crippen molar-refractivity contribution >= 4 is 17.7 Å². The minimum Gasteiger partial charge on any atom is -0.486 e. The lowest BCUT2D eigenvalue weighted by Crippen LogP contribution is -2.40. The minimum absolute atomic E-state index is 0.0212. The van der Waals surface area contributed by atoms with E-state index in [0.717, 1.165) is 18.6 Å². The summed E-state index contributed by atoms with van der Waals surface area (Å²) >= 11 is 1.31. The predicted octanol–water partition coefficient (Wildman–Crippen LogP) is 3.62. The van der Waals surface area contributed by atoms with E-state index < -0.39 is 0 Å². The van der Waals surface area contributed by atoms with Crippen molar-refractivity contribution in [3.05, 3.63) is 35.7 Å². The molecule has 0 radical (unpaired) electrons. The molecule has 1 fully saturated rings. The quantitative estimate of drug-likeness (QED) is 0.503. The van der Waals surface area contributed by atoms with Gasteiger partial charge in [-0.15, -0.1) is 10.2 Å². The standard InChI is InChI=1S/C21H31N5O2S/c1-14(2)16-9-11-18(12-10-16)28-13-19-24-25-21(26(19)22)29-15(3)20(27)23-17-7-5-4-6-8-17/h9-12,14-15,17H,4-8,13,22H2,1-3H3,(H,23,27)/t15-/m1/s1. The molecule has 7 nitrogen and oxygen atoms in total. The number of rotatable bonds is 8. The Bertz CT molecular complexity index is 800. The molecule has 1 aliphatic carbocycles. The highest BCUT2D eigenvalue weighted by molar-refractivity contribution is 8.00. The van der Waals surface area contributed by atoms with E-state index in [9.17, 15) is 4.79 Å². The van der Waals surface area contributed by atoms with Crippen LogP contribution in [0.5, 0.6) is 5.75 Å². The second kappa shape index (κ2) is 10.0. The number of hydrogen-bond donors (Lipinski definition) is 2. The summed E-state index contributed by atoms with van der Waals surface area (Å²) < 4.78 is 7.18. The fraction of sp³-hybridized carbons (Fsp3) is 0.571. The van der Waals surface area contributed by atoms with E-state index in [-0.39, 0.29) is 17.8 Å². The van der Waals surface area contributed by atoms with E-state index in [0.29, 0.717) is 22.9 Å². The van der Waals surface area contributed by atoms with Gasteiger partial charge < -0.3 is 15.9 Å². The first-order chi connectivity index (χ1) is 13.9. The number of carbonyl (C=O) groups excluding carboxylic acids is 1. The first kappa shape index (κ1) is 21.5. The summed E-state index contributed by atoms with van der Waals surface area (Å²) in [5.74, 6) is 7.89. The van der Waals surface area contributed by atoms with Crippen LogP contribution in [-0.4, -0.2) is 32.1 Å². The van der Waals surface area contributed by atoms with Crippen LogP contribution in [0, 0.1) is 0 Å². The lowest BCUT2D eigenvalue weighted by molar-refractivity contribution is -0.121. The number of nitrogen functional groups attached to an aromatic ring is 1. The molecule has 0 bridgehead atoms. The van der Waals surface area contributed by atoms with Gasteiger partial charge in [0.25, 0.3) is 0 Å². The van der Waals surface area contributed by atoms with E-state index in [1.807, 2.05) is 19.1 Å². The zero-order valence-corrected chi connectivity index (χ0v) is 18.2. The van der Waals surface area contributed by atoms with Gasteiger partial charge >= 0.3 is 0 Å². The van der Waals surface area contributed by atoms with Crippen LogP contribution >= 0.6 is 11.8 Å². The summed E-state index contributed by atoms with van der Waals surface area (Å²) in [5.41, 5.74) is 1.26. The Morgan fingerprint density at radius 2 is 1.90 bits per heavy atom. The van der Waals surface area contributed by atoms with E-state index in [2.05, 4.69) is 41.5 Å². The van der Waals surface area contributed by atoms with Gasteiger partial charge in [0.15, 0.2) is 5.82 Å². The highest BCUT2D eigenvalue weighted by atomic mass is 32.2. The number of benzene rings is 1. The van der Waals surface area contributed by atoms with Crippen LogP contribution in [0.1, 0.15) is 70.2 Å². The molecule has 1 amide bonds. The zero-order chi connectivity index (χ0) is 20.8. The molecule has 1 heterocycles. The Kier molecular flexibility index (Phi) is 7.41. The fourth-order valence-electron chi connectivity index (χ4n) is 3.36. The molecule has 158 valence electrons. The second-order valence-corrected chi connectivity index (χ2v) is 9.19. The third-order valence-corrected chi connectivity index (χ3v) is 6.31. The highest BCUT2D eigenvalue weighted by Gasteiger charge is 2.23. The minimum atomic E-state index is -0.291. The number of carbonyl (C=O) groups is 1. The summed E-state index contributed by atoms with van der Waals surface area (Å²) in [6, 6.07) is 8.29. The van der Waals surface area contributed by atoms with Gasteiger partial charge in [0.05, 0.1) is 5.25 Å². The molecular weight excluding hydrogens is 386 g/mol. The number of nitrogens with zero attached hydrogens (tertiary/aromatic N) is 3. The van der Waals surface area contributed by atoms with Gasteiger partial charge in [-0.2, -0.15) is 0 Å². The number of amides is 1. The van der Waals surface area contributed by atoms with Gasteiger partial charge in [-0.1, -0.05) is 57.0 Å². The molecule has 0 spiro atoms. The average Bonchev–Trinajstić information content (AvgIpc) is 3.06. The second-order valence-electron chi connectivity index (χ2n) is 7.88. The lowest BCUT2D eigenvalue weighted by Gasteiger charge is -2.24. The van der Waals surface area contributed by atoms with Crippen molar-refractivity contribution in [2.24, 2.45) is 0 Å². The molecule has 3 N–H and O–H groups in total. The molecular formula is C21H31N5O2S. The van der Waals surface area contributed by atoms with Crippen molar-refractivity contribution in [3.8, 4) is 5.75 Å². The predicted molar refractivity (Wildman–Crippen MR) is 115 cm³/mol. The van der Waals surface area contributed by atoms with E-state index in [1.165, 1.54) is 41.3 Å². The maximum Gasteiger partial charge on any atom is 0.233 e. The SMILES string of the molecule is CC(C)c1ccc(OCc2nnc(S[C@H](C)C(=O)NC3CCCCC3)n2N)cc1. The number of nitrogens with one attached hydrogen (secondary N) is 1. The number of hydrogen-bond acceptors (Lipinski definition) is 6. The molecule has 29 heavy (non-hydrogen) atoms. The van der Waals surface area contributed by atoms with Crippen molar-refractivity contribution in [2.45, 2.75) is 81.8 Å². The van der Waals surface area contributed by atoms with E-state index >= 15 is 0 Å². The topological polar surface area (TPSA) is 95.1 Å². The average molecular weight is 418 g/mol. The van der Waals surface area contributed by atoms with E-state index in [1.54, 1.807) is 0 Å². The molecule has 2 aromatic rings. The molecule has 1 aliphatic rings. The summed E-state index contributed by atoms with van der Waals surface area (Å²) in [6.45, 7) is 6.39. The number of thioether (sulfide) groups is 1. The van der Waals surface area contributed by atoms with E-state index in [4.69, 9.17) is 10.6 Å². The molecule has 8 heteroatoms. The lowest BCUT2D eigenvalue weighted by atomic mass is 9.95. The van der Waals surface area contributed by atoms with Crippen LogP contribution in [0.15, 0.2) is 29.4 Å². The molecule has 1 aromatic heterocycles. The van der Waals surface area contributed by atoms with Gasteiger partial charge in [0.2, 0.25) is 11.1 Å². The van der Waals surface area contributed by atoms with Crippen molar-refractivity contribution in [1.29, 1.82) is 0 Å². The molecule has 0 aliphatic heterocycles. The normalized spacial score (nSPS) is 16.0. The van der Waals surface area contributed by atoms with Crippen molar-refractivity contribution in [1.82, 2.24) is 20.2 Å². The van der Waals surface area contributed by atoms with Gasteiger partial charge in [-0.05, 0) is 43.4 Å². The zero-order valence-electron chi connectivity index (χ0n) is 17.4. The molecule has 3 rings (SSSR count). The van der Waals surface area contributed by atoms with Crippen molar-refractivity contribution in [3.63, 3.8) is 0 Å². The van der Waals surface area contributed by atoms with Crippen LogP contribution in [-0.2, 0) is 11.4 Å². The first-order valence-corrected chi connectivity index (χ1v) is 11.2. The smallest absolute Gasteiger partial charge is 0.233 e. The Hall–Kier alpha value is -2.22. The first-order valence-electron chi connectivity index (χ1n) is 10.3. The molecule has 1 aromatic carbocycles. The fourth-order valence-corrected chi connectivity index (χ4v) is 4.16.